The number of halogens is 3. The number of nitrogens with zero attached hydrogens (tertiary/aromatic N) is 6. The highest BCUT2D eigenvalue weighted by atomic mass is 35.5. The Morgan fingerprint density at radius 3 is 2.30 bits per heavy atom. The van der Waals surface area contributed by atoms with Crippen molar-refractivity contribution in [1.29, 1.82) is 0 Å². The molecule has 3 amide bonds. The van der Waals surface area contributed by atoms with Crippen LogP contribution in [0.15, 0.2) is 93.8 Å². The van der Waals surface area contributed by atoms with Crippen LogP contribution in [0.4, 0.5) is 14.5 Å². The highest BCUT2D eigenvalue weighted by Gasteiger charge is 2.55. The number of hydrogen-bond acceptors (Lipinski definition) is 7. The molecule has 12 heteroatoms. The zero-order valence-electron chi connectivity index (χ0n) is 23.2. The molecule has 4 atom stereocenters. The van der Waals surface area contributed by atoms with Gasteiger partial charge in [0.25, 0.3) is 17.7 Å². The van der Waals surface area contributed by atoms with Crippen molar-refractivity contribution >= 4 is 46.8 Å². The molecule has 2 fully saturated rings. The first-order valence-electron chi connectivity index (χ1n) is 14.2. The quantitative estimate of drug-likeness (QED) is 0.343. The first kappa shape index (κ1) is 28.0. The lowest BCUT2D eigenvalue weighted by Gasteiger charge is -2.30. The van der Waals surface area contributed by atoms with Crippen molar-refractivity contribution in [3.05, 3.63) is 106 Å². The van der Waals surface area contributed by atoms with Gasteiger partial charge in [0.15, 0.2) is 12.1 Å². The maximum Gasteiger partial charge on any atom is 0.264 e. The average molecular weight is 615 g/mol. The zero-order chi connectivity index (χ0) is 30.5. The lowest BCUT2D eigenvalue weighted by atomic mass is 9.77. The molecule has 44 heavy (non-hydrogen) atoms. The number of rotatable bonds is 5. The lowest BCUT2D eigenvalue weighted by molar-refractivity contribution is -0.136. The molecule has 9 nitrogen and oxygen atoms in total. The molecule has 4 aliphatic rings. The van der Waals surface area contributed by atoms with Crippen molar-refractivity contribution in [3.63, 3.8) is 0 Å². The normalized spacial score (nSPS) is 25.1. The number of benzene rings is 3. The summed E-state index contributed by atoms with van der Waals surface area (Å²) in [6.07, 6.45) is 4.28. The van der Waals surface area contributed by atoms with Gasteiger partial charge in [0.2, 0.25) is 0 Å². The summed E-state index contributed by atoms with van der Waals surface area (Å²) in [6, 6.07) is 15.8. The number of allylic oxidation sites excluding steroid dienone is 1. The molecule has 3 aliphatic heterocycles. The van der Waals surface area contributed by atoms with Gasteiger partial charge >= 0.3 is 0 Å². The smallest absolute Gasteiger partial charge is 0.264 e. The predicted molar refractivity (Wildman–Crippen MR) is 158 cm³/mol. The summed E-state index contributed by atoms with van der Waals surface area (Å²) < 4.78 is 27.4. The van der Waals surface area contributed by atoms with E-state index in [9.17, 15) is 23.2 Å². The first-order valence-corrected chi connectivity index (χ1v) is 14.6. The molecule has 0 N–H and O–H groups in total. The third-order valence-corrected chi connectivity index (χ3v) is 8.67. The number of hydrogen-bond donors (Lipinski definition) is 0. The number of fused-ring (bicyclic) bond motifs is 2. The first-order chi connectivity index (χ1) is 21.3. The Balaban J connectivity index is 1.18. The topological polar surface area (TPSA) is 98.0 Å². The van der Waals surface area contributed by atoms with Gasteiger partial charge in [-0.3, -0.25) is 19.4 Å². The van der Waals surface area contributed by atoms with E-state index in [0.717, 1.165) is 41.0 Å². The van der Waals surface area contributed by atoms with Crippen LogP contribution in [0.1, 0.15) is 36.4 Å². The van der Waals surface area contributed by atoms with Gasteiger partial charge < -0.3 is 0 Å². The van der Waals surface area contributed by atoms with Crippen molar-refractivity contribution in [1.82, 2.24) is 10.0 Å². The van der Waals surface area contributed by atoms with E-state index in [1.165, 1.54) is 34.3 Å². The second-order valence-electron chi connectivity index (χ2n) is 11.1. The van der Waals surface area contributed by atoms with Crippen LogP contribution in [-0.2, 0) is 14.4 Å². The van der Waals surface area contributed by atoms with Gasteiger partial charge in [-0.05, 0) is 90.6 Å². The van der Waals surface area contributed by atoms with Crippen LogP contribution in [0.25, 0.3) is 6.08 Å². The Hall–Kier alpha value is -4.77. The van der Waals surface area contributed by atoms with Gasteiger partial charge in [0, 0.05) is 10.9 Å². The van der Waals surface area contributed by atoms with Gasteiger partial charge in [-0.15, -0.1) is 0 Å². The molecule has 1 aliphatic carbocycles. The van der Waals surface area contributed by atoms with E-state index in [-0.39, 0.29) is 18.3 Å². The van der Waals surface area contributed by atoms with Crippen LogP contribution in [0.5, 0.6) is 0 Å². The number of amides is 3. The molecule has 0 unspecified atom stereocenters. The molecule has 0 radical (unpaired) electrons. The number of imide groups is 1. The summed E-state index contributed by atoms with van der Waals surface area (Å²) in [5.41, 5.74) is 3.56. The maximum absolute atomic E-state index is 14.0. The predicted octanol–water partition coefficient (Wildman–Crippen LogP) is 5.73. The molecule has 1 saturated carbocycles. The van der Waals surface area contributed by atoms with Crippen LogP contribution in [-0.4, -0.2) is 52.1 Å². The van der Waals surface area contributed by atoms with Crippen molar-refractivity contribution < 1.29 is 23.2 Å². The van der Waals surface area contributed by atoms with Crippen molar-refractivity contribution in [2.75, 3.05) is 11.4 Å². The molecule has 0 aromatic heterocycles. The van der Waals surface area contributed by atoms with Gasteiger partial charge in [-0.1, -0.05) is 41.1 Å². The molecular weight excluding hydrogens is 590 g/mol. The Morgan fingerprint density at radius 1 is 0.909 bits per heavy atom. The van der Waals surface area contributed by atoms with Crippen LogP contribution in [0, 0.1) is 17.6 Å². The molecule has 0 bridgehead atoms. The molecule has 3 aromatic carbocycles. The summed E-state index contributed by atoms with van der Waals surface area (Å²) >= 11 is 5.98. The summed E-state index contributed by atoms with van der Waals surface area (Å²) in [6.45, 7) is -0.351. The second-order valence-corrected chi connectivity index (χ2v) is 11.6. The van der Waals surface area contributed by atoms with Crippen molar-refractivity contribution in [2.45, 2.75) is 37.4 Å². The van der Waals surface area contributed by atoms with Crippen LogP contribution in [0.2, 0.25) is 5.02 Å². The molecule has 0 spiro atoms. The summed E-state index contributed by atoms with van der Waals surface area (Å²) in [7, 11) is 0. The molecule has 222 valence electrons. The third kappa shape index (κ3) is 4.86. The van der Waals surface area contributed by atoms with E-state index in [1.807, 2.05) is 6.08 Å². The number of carbonyl (C=O) groups excluding carboxylic acids is 3. The third-order valence-electron chi connectivity index (χ3n) is 8.42. The fourth-order valence-corrected chi connectivity index (χ4v) is 6.50. The van der Waals surface area contributed by atoms with Gasteiger partial charge in [-0.2, -0.15) is 10.2 Å². The summed E-state index contributed by atoms with van der Waals surface area (Å²) in [4.78, 5) is 41.6. The Kier molecular flexibility index (Phi) is 7.04. The van der Waals surface area contributed by atoms with Gasteiger partial charge in [-0.25, -0.2) is 18.7 Å². The molecule has 7 rings (SSSR count). The number of anilines is 1. The fourth-order valence-electron chi connectivity index (χ4n) is 6.37. The van der Waals surface area contributed by atoms with Crippen LogP contribution >= 0.6 is 11.6 Å². The number of carbonyl (C=O) groups is 3. The SMILES string of the molecule is O=C1[C@H]2N=NN(CC(=O)N3N=C4/C(=C/c5ccc(F)cc5)CCC[C@@H]4[C@@H]3c3ccc(F)cc3)[C@H]2C(=O)N1c1ccc(Cl)cc1. The van der Waals surface area contributed by atoms with Crippen LogP contribution < -0.4 is 4.90 Å². The minimum Gasteiger partial charge on any atom is -0.271 e. The highest BCUT2D eigenvalue weighted by molar-refractivity contribution is 6.31. The monoisotopic (exact) mass is 614 g/mol. The van der Waals surface area contributed by atoms with E-state index in [4.69, 9.17) is 16.7 Å². The Bertz CT molecular complexity index is 1740. The minimum absolute atomic E-state index is 0.159. The standard InChI is InChI=1S/C32H25ClF2N6O3/c33-21-8-14-24(15-9-21)40-31(43)28-30(32(40)44)39(38-36-28)17-26(42)41-29(19-6-12-23(35)13-7-19)25-3-1-2-20(27(25)37-41)16-18-4-10-22(34)11-5-18/h4-16,25,28-30H,1-3,17H2/b20-16+/t25-,28-,29-,30+/m0/s1. The second kappa shape index (κ2) is 11.1. The van der Waals surface area contributed by atoms with E-state index in [0.29, 0.717) is 16.3 Å². The van der Waals surface area contributed by atoms with E-state index in [1.54, 1.807) is 48.5 Å². The summed E-state index contributed by atoms with van der Waals surface area (Å²) in [5.74, 6) is -2.42. The van der Waals surface area contributed by atoms with E-state index >= 15 is 0 Å². The largest absolute Gasteiger partial charge is 0.271 e. The molecular formula is C32H25ClF2N6O3. The van der Waals surface area contributed by atoms with Crippen LogP contribution in [0.3, 0.4) is 0 Å². The Labute approximate surface area is 256 Å². The number of hydrazone groups is 1. The molecule has 3 heterocycles. The van der Waals surface area contributed by atoms with E-state index < -0.39 is 41.7 Å². The minimum atomic E-state index is -1.07. The summed E-state index contributed by atoms with van der Waals surface area (Å²) in [5, 5.41) is 16.0. The average Bonchev–Trinajstić information content (AvgIpc) is 3.69. The van der Waals surface area contributed by atoms with Gasteiger partial charge in [0.05, 0.1) is 17.4 Å². The van der Waals surface area contributed by atoms with Gasteiger partial charge in [0.1, 0.15) is 18.2 Å². The zero-order valence-corrected chi connectivity index (χ0v) is 23.9. The fraction of sp³-hybridized carbons (Fsp3) is 0.250. The maximum atomic E-state index is 14.0. The molecule has 1 saturated heterocycles. The highest BCUT2D eigenvalue weighted by Crippen LogP contribution is 2.45. The van der Waals surface area contributed by atoms with Crippen molar-refractivity contribution in [2.24, 2.45) is 21.4 Å². The van der Waals surface area contributed by atoms with Crippen molar-refractivity contribution in [3.8, 4) is 0 Å². The molecule has 3 aromatic rings. The lowest BCUT2D eigenvalue weighted by Crippen LogP contribution is -2.45. The van der Waals surface area contributed by atoms with E-state index in [2.05, 4.69) is 10.3 Å². The Morgan fingerprint density at radius 2 is 1.59 bits per heavy atom.